The van der Waals surface area contributed by atoms with E-state index in [0.717, 1.165) is 36.0 Å². The van der Waals surface area contributed by atoms with Crippen LogP contribution in [-0.2, 0) is 9.47 Å². The normalized spacial score (nSPS) is 16.4. The molecule has 0 N–H and O–H groups in total. The molecule has 7 heteroatoms. The van der Waals surface area contributed by atoms with Crippen LogP contribution in [0.5, 0.6) is 0 Å². The van der Waals surface area contributed by atoms with Crippen LogP contribution in [0.3, 0.4) is 0 Å². The Hall–Kier alpha value is -0.470. The molecule has 1 aromatic rings. The molecule has 112 valence electrons. The summed E-state index contributed by atoms with van der Waals surface area (Å²) in [7, 11) is 3.82. The predicted octanol–water partition coefficient (Wildman–Crippen LogP) is 2.01. The first-order valence-electron chi connectivity index (χ1n) is 6.71. The number of likely N-dealkylation sites (N-methyl/N-ethyl adjacent to an activating group) is 1. The molecule has 0 fully saturated rings. The summed E-state index contributed by atoms with van der Waals surface area (Å²) in [5.41, 5.74) is 2.36. The average Bonchev–Trinajstić information content (AvgIpc) is 2.91. The molecule has 0 amide bonds. The van der Waals surface area contributed by atoms with Gasteiger partial charge in [-0.25, -0.2) is 0 Å². The summed E-state index contributed by atoms with van der Waals surface area (Å²) in [6.07, 6.45) is 3.38. The van der Waals surface area contributed by atoms with Gasteiger partial charge in [0.25, 0.3) is 0 Å². The van der Waals surface area contributed by atoms with E-state index in [0.29, 0.717) is 19.8 Å². The Kier molecular flexibility index (Phi) is 6.95. The van der Waals surface area contributed by atoms with E-state index >= 15 is 0 Å². The second kappa shape index (κ2) is 8.74. The summed E-state index contributed by atoms with van der Waals surface area (Å²) >= 11 is 3.01. The second-order valence-corrected chi connectivity index (χ2v) is 6.24. The highest BCUT2D eigenvalue weighted by atomic mass is 32.2. The van der Waals surface area contributed by atoms with Crippen molar-refractivity contribution in [2.45, 2.75) is 11.4 Å². The first-order valence-corrected chi connectivity index (χ1v) is 8.43. The van der Waals surface area contributed by atoms with Crippen molar-refractivity contribution in [1.29, 1.82) is 0 Å². The van der Waals surface area contributed by atoms with Crippen LogP contribution >= 0.6 is 23.5 Å². The lowest BCUT2D eigenvalue weighted by molar-refractivity contribution is 0.0790. The van der Waals surface area contributed by atoms with Crippen LogP contribution in [-0.4, -0.2) is 66.5 Å². The third kappa shape index (κ3) is 4.82. The minimum atomic E-state index is 0.646. The molecule has 20 heavy (non-hydrogen) atoms. The maximum absolute atomic E-state index is 5.46. The summed E-state index contributed by atoms with van der Waals surface area (Å²) in [6.45, 7) is 4.09. The number of hydrogen-bond acceptors (Lipinski definition) is 7. The van der Waals surface area contributed by atoms with E-state index in [9.17, 15) is 0 Å². The molecule has 2 heterocycles. The molecule has 0 aliphatic carbocycles. The summed E-state index contributed by atoms with van der Waals surface area (Å²) in [6, 6.07) is 0. The molecule has 1 aliphatic rings. The third-order valence-corrected chi connectivity index (χ3v) is 4.58. The lowest BCUT2D eigenvalue weighted by Gasteiger charge is -2.22. The van der Waals surface area contributed by atoms with Gasteiger partial charge in [-0.15, -0.1) is 11.8 Å². The molecule has 0 unspecified atom stereocenters. The van der Waals surface area contributed by atoms with Gasteiger partial charge in [-0.05, 0) is 19.0 Å². The molecule has 5 nitrogen and oxygen atoms in total. The Bertz CT molecular complexity index is 437. The molecule has 1 aliphatic heterocycles. The van der Waals surface area contributed by atoms with Crippen LogP contribution in [0, 0.1) is 0 Å². The van der Waals surface area contributed by atoms with Crippen molar-refractivity contribution in [2.75, 3.05) is 52.8 Å². The van der Waals surface area contributed by atoms with Gasteiger partial charge < -0.3 is 14.4 Å². The highest BCUT2D eigenvalue weighted by molar-refractivity contribution is 7.99. The van der Waals surface area contributed by atoms with Gasteiger partial charge in [-0.3, -0.25) is 0 Å². The first kappa shape index (κ1) is 15.9. The average molecular weight is 315 g/mol. The van der Waals surface area contributed by atoms with Crippen molar-refractivity contribution in [1.82, 2.24) is 13.6 Å². The van der Waals surface area contributed by atoms with E-state index in [-0.39, 0.29) is 0 Å². The van der Waals surface area contributed by atoms with E-state index in [4.69, 9.17) is 9.47 Å². The zero-order valence-corrected chi connectivity index (χ0v) is 13.6. The van der Waals surface area contributed by atoms with Crippen molar-refractivity contribution < 1.29 is 9.47 Å². The fraction of sp³-hybridized carbons (Fsp3) is 0.692. The summed E-state index contributed by atoms with van der Waals surface area (Å²) < 4.78 is 19.3. The molecule has 0 bridgehead atoms. The van der Waals surface area contributed by atoms with Gasteiger partial charge in [-0.2, -0.15) is 8.75 Å². The highest BCUT2D eigenvalue weighted by Gasteiger charge is 2.17. The Morgan fingerprint density at radius 1 is 1.35 bits per heavy atom. The highest BCUT2D eigenvalue weighted by Crippen LogP contribution is 2.28. The summed E-state index contributed by atoms with van der Waals surface area (Å²) in [5, 5.41) is 1.03. The van der Waals surface area contributed by atoms with Crippen molar-refractivity contribution >= 4 is 29.1 Å². The van der Waals surface area contributed by atoms with Gasteiger partial charge >= 0.3 is 0 Å². The van der Waals surface area contributed by atoms with E-state index in [2.05, 4.69) is 26.8 Å². The SMILES string of the molecule is COCCOCCSc1nsnc1C1=CCCN(C)C1. The molecule has 0 radical (unpaired) electrons. The van der Waals surface area contributed by atoms with Crippen LogP contribution in [0.15, 0.2) is 11.1 Å². The lowest BCUT2D eigenvalue weighted by atomic mass is 10.1. The van der Waals surface area contributed by atoms with Crippen molar-refractivity contribution in [3.8, 4) is 0 Å². The number of aromatic nitrogens is 2. The smallest absolute Gasteiger partial charge is 0.138 e. The molecule has 0 saturated heterocycles. The quantitative estimate of drug-likeness (QED) is 0.540. The predicted molar refractivity (Wildman–Crippen MR) is 83.4 cm³/mol. The van der Waals surface area contributed by atoms with Gasteiger partial charge in [0, 0.05) is 26.0 Å². The number of ether oxygens (including phenoxy) is 2. The number of hydrogen-bond donors (Lipinski definition) is 0. The number of nitrogens with zero attached hydrogens (tertiary/aromatic N) is 3. The Morgan fingerprint density at radius 2 is 2.25 bits per heavy atom. The van der Waals surface area contributed by atoms with E-state index in [1.807, 2.05) is 0 Å². The first-order chi connectivity index (χ1) is 9.81. The van der Waals surface area contributed by atoms with Crippen LogP contribution < -0.4 is 0 Å². The number of methoxy groups -OCH3 is 1. The number of rotatable bonds is 8. The van der Waals surface area contributed by atoms with Crippen molar-refractivity contribution in [3.63, 3.8) is 0 Å². The van der Waals surface area contributed by atoms with Crippen molar-refractivity contribution in [2.24, 2.45) is 0 Å². The maximum atomic E-state index is 5.46. The fourth-order valence-electron chi connectivity index (χ4n) is 1.98. The van der Waals surface area contributed by atoms with Crippen molar-refractivity contribution in [3.05, 3.63) is 11.8 Å². The third-order valence-electron chi connectivity index (χ3n) is 3.00. The molecular formula is C13H21N3O2S2. The monoisotopic (exact) mass is 315 g/mol. The Labute approximate surface area is 128 Å². The molecule has 1 aromatic heterocycles. The summed E-state index contributed by atoms with van der Waals surface area (Å²) in [4.78, 5) is 2.32. The molecule has 0 aromatic carbocycles. The standard InChI is InChI=1S/C13H21N3O2S2/c1-16-5-3-4-11(10-16)12-13(15-20-14-12)19-9-8-18-7-6-17-2/h4H,3,5-10H2,1-2H3. The van der Waals surface area contributed by atoms with Gasteiger partial charge in [0.1, 0.15) is 10.7 Å². The molecule has 0 atom stereocenters. The molecular weight excluding hydrogens is 294 g/mol. The largest absolute Gasteiger partial charge is 0.382 e. The van der Waals surface area contributed by atoms with Crippen LogP contribution in [0.1, 0.15) is 12.1 Å². The fourth-order valence-corrected chi connectivity index (χ4v) is 3.54. The van der Waals surface area contributed by atoms with Crippen LogP contribution in [0.25, 0.3) is 5.57 Å². The molecule has 2 rings (SSSR count). The van der Waals surface area contributed by atoms with E-state index < -0.39 is 0 Å². The second-order valence-electron chi connectivity index (χ2n) is 4.63. The van der Waals surface area contributed by atoms with Gasteiger partial charge in [0.15, 0.2) is 0 Å². The van der Waals surface area contributed by atoms with Gasteiger partial charge in [0.05, 0.1) is 31.5 Å². The zero-order valence-electron chi connectivity index (χ0n) is 12.0. The van der Waals surface area contributed by atoms with Gasteiger partial charge in [0.2, 0.25) is 0 Å². The van der Waals surface area contributed by atoms with Crippen LogP contribution in [0.4, 0.5) is 0 Å². The topological polar surface area (TPSA) is 47.5 Å². The van der Waals surface area contributed by atoms with Gasteiger partial charge in [-0.1, -0.05) is 6.08 Å². The zero-order chi connectivity index (χ0) is 14.2. The minimum Gasteiger partial charge on any atom is -0.382 e. The molecule has 0 spiro atoms. The number of thioether (sulfide) groups is 1. The van der Waals surface area contributed by atoms with E-state index in [1.54, 1.807) is 18.9 Å². The molecule has 0 saturated carbocycles. The maximum Gasteiger partial charge on any atom is 0.138 e. The van der Waals surface area contributed by atoms with Crippen LogP contribution in [0.2, 0.25) is 0 Å². The van der Waals surface area contributed by atoms with E-state index in [1.165, 1.54) is 17.3 Å². The minimum absolute atomic E-state index is 0.646. The Balaban J connectivity index is 1.81. The lowest BCUT2D eigenvalue weighted by Crippen LogP contribution is -2.25. The summed E-state index contributed by atoms with van der Waals surface area (Å²) in [5.74, 6) is 0.894. The Morgan fingerprint density at radius 3 is 3.05 bits per heavy atom.